The van der Waals surface area contributed by atoms with E-state index in [4.69, 9.17) is 5.11 Å². The third-order valence-electron chi connectivity index (χ3n) is 2.14. The minimum absolute atomic E-state index is 0.0491. The summed E-state index contributed by atoms with van der Waals surface area (Å²) >= 11 is 3.10. The van der Waals surface area contributed by atoms with Gasteiger partial charge in [0.2, 0.25) is 5.91 Å². The van der Waals surface area contributed by atoms with Crippen molar-refractivity contribution in [2.24, 2.45) is 0 Å². The molecule has 1 amide bonds. The highest BCUT2D eigenvalue weighted by Gasteiger charge is 2.12. The normalized spacial score (nSPS) is 11.9. The summed E-state index contributed by atoms with van der Waals surface area (Å²) < 4.78 is 13.9. The second kappa shape index (κ2) is 6.46. The number of rotatable bonds is 5. The van der Waals surface area contributed by atoms with Gasteiger partial charge in [-0.25, -0.2) is 4.39 Å². The zero-order valence-electron chi connectivity index (χ0n) is 9.54. The third-order valence-corrected chi connectivity index (χ3v) is 2.64. The first-order valence-corrected chi connectivity index (χ1v) is 5.90. The van der Waals surface area contributed by atoms with Crippen LogP contribution in [0.5, 0.6) is 0 Å². The van der Waals surface area contributed by atoms with Crippen LogP contribution in [0, 0.1) is 5.82 Å². The lowest BCUT2D eigenvalue weighted by molar-refractivity contribution is -0.139. The van der Waals surface area contributed by atoms with E-state index in [2.05, 4.69) is 26.6 Å². The first-order valence-electron chi connectivity index (χ1n) is 5.11. The van der Waals surface area contributed by atoms with Crippen molar-refractivity contribution in [1.29, 1.82) is 0 Å². The molecule has 18 heavy (non-hydrogen) atoms. The second-order valence-corrected chi connectivity index (χ2v) is 4.53. The van der Waals surface area contributed by atoms with Crippen LogP contribution in [0.2, 0.25) is 0 Å². The molecule has 0 spiro atoms. The summed E-state index contributed by atoms with van der Waals surface area (Å²) in [6.07, 6.45) is 0. The number of amides is 1. The lowest BCUT2D eigenvalue weighted by atomic mass is 10.3. The van der Waals surface area contributed by atoms with Gasteiger partial charge < -0.3 is 10.4 Å². The van der Waals surface area contributed by atoms with E-state index in [1.54, 1.807) is 6.07 Å². The van der Waals surface area contributed by atoms with Gasteiger partial charge >= 0.3 is 5.97 Å². The molecule has 1 atom stereocenters. The molecule has 1 aromatic carbocycles. The number of carbonyl (C=O) groups excluding carboxylic acids is 1. The first-order chi connectivity index (χ1) is 8.40. The van der Waals surface area contributed by atoms with E-state index in [1.807, 2.05) is 0 Å². The summed E-state index contributed by atoms with van der Waals surface area (Å²) in [5.41, 5.74) is 0.0491. The molecular weight excluding hydrogens is 307 g/mol. The highest BCUT2D eigenvalue weighted by molar-refractivity contribution is 9.10. The van der Waals surface area contributed by atoms with Crippen LogP contribution in [-0.4, -0.2) is 29.6 Å². The number of halogens is 2. The van der Waals surface area contributed by atoms with E-state index < -0.39 is 23.7 Å². The first kappa shape index (κ1) is 14.6. The quantitative estimate of drug-likeness (QED) is 0.770. The number of anilines is 1. The second-order valence-electron chi connectivity index (χ2n) is 3.61. The van der Waals surface area contributed by atoms with Crippen LogP contribution in [0.3, 0.4) is 0 Å². The maximum absolute atomic E-state index is 13.4. The molecular formula is C11H12BrFN2O3. The van der Waals surface area contributed by atoms with Gasteiger partial charge in [0.05, 0.1) is 12.2 Å². The Hall–Kier alpha value is -1.47. The van der Waals surface area contributed by atoms with Crippen molar-refractivity contribution in [2.45, 2.75) is 13.0 Å². The molecule has 0 saturated heterocycles. The fourth-order valence-corrected chi connectivity index (χ4v) is 1.45. The van der Waals surface area contributed by atoms with Gasteiger partial charge in [-0.2, -0.15) is 0 Å². The van der Waals surface area contributed by atoms with E-state index in [9.17, 15) is 14.0 Å². The molecule has 0 aromatic heterocycles. The molecule has 5 nitrogen and oxygen atoms in total. The lowest BCUT2D eigenvalue weighted by Gasteiger charge is -2.10. The molecule has 0 saturated carbocycles. The molecule has 1 aromatic rings. The van der Waals surface area contributed by atoms with Crippen molar-refractivity contribution in [2.75, 3.05) is 11.9 Å². The molecule has 0 fully saturated rings. The van der Waals surface area contributed by atoms with Crippen LogP contribution in [-0.2, 0) is 9.59 Å². The van der Waals surface area contributed by atoms with Gasteiger partial charge in [-0.1, -0.05) is 15.9 Å². The van der Waals surface area contributed by atoms with E-state index in [-0.39, 0.29) is 12.2 Å². The van der Waals surface area contributed by atoms with Crippen LogP contribution in [0.25, 0.3) is 0 Å². The molecule has 0 unspecified atom stereocenters. The van der Waals surface area contributed by atoms with Gasteiger partial charge in [0.25, 0.3) is 0 Å². The van der Waals surface area contributed by atoms with Crippen molar-refractivity contribution in [3.63, 3.8) is 0 Å². The molecule has 7 heteroatoms. The molecule has 0 aliphatic carbocycles. The maximum atomic E-state index is 13.4. The van der Waals surface area contributed by atoms with Crippen molar-refractivity contribution in [3.8, 4) is 0 Å². The highest BCUT2D eigenvalue weighted by atomic mass is 79.9. The number of carboxylic acids is 1. The Morgan fingerprint density at radius 2 is 2.17 bits per heavy atom. The number of benzene rings is 1. The highest BCUT2D eigenvalue weighted by Crippen LogP contribution is 2.18. The van der Waals surface area contributed by atoms with Crippen molar-refractivity contribution >= 4 is 33.5 Å². The Bertz CT molecular complexity index is 468. The Morgan fingerprint density at radius 1 is 1.50 bits per heavy atom. The zero-order chi connectivity index (χ0) is 13.7. The van der Waals surface area contributed by atoms with Crippen LogP contribution in [0.1, 0.15) is 6.92 Å². The average molecular weight is 319 g/mol. The lowest BCUT2D eigenvalue weighted by Crippen LogP contribution is -2.39. The van der Waals surface area contributed by atoms with Gasteiger partial charge in [0.15, 0.2) is 0 Å². The van der Waals surface area contributed by atoms with E-state index >= 15 is 0 Å². The van der Waals surface area contributed by atoms with Gasteiger partial charge in [-0.15, -0.1) is 0 Å². The predicted octanol–water partition coefficient (Wildman–Crippen LogP) is 1.59. The topological polar surface area (TPSA) is 78.4 Å². The van der Waals surface area contributed by atoms with Crippen LogP contribution in [0.15, 0.2) is 22.7 Å². The number of carboxylic acid groups (broad SMARTS) is 1. The Labute approximate surface area is 112 Å². The maximum Gasteiger partial charge on any atom is 0.320 e. The molecule has 0 bridgehead atoms. The predicted molar refractivity (Wildman–Crippen MR) is 67.8 cm³/mol. The zero-order valence-corrected chi connectivity index (χ0v) is 11.1. The van der Waals surface area contributed by atoms with Crippen LogP contribution < -0.4 is 10.6 Å². The van der Waals surface area contributed by atoms with Crippen molar-refractivity contribution in [1.82, 2.24) is 5.32 Å². The summed E-state index contributed by atoms with van der Waals surface area (Å²) in [5.74, 6) is -2.13. The van der Waals surface area contributed by atoms with E-state index in [1.165, 1.54) is 19.1 Å². The summed E-state index contributed by atoms with van der Waals surface area (Å²) in [6, 6.07) is 3.39. The fourth-order valence-electron chi connectivity index (χ4n) is 1.12. The van der Waals surface area contributed by atoms with Crippen LogP contribution >= 0.6 is 15.9 Å². The molecule has 98 valence electrons. The minimum atomic E-state index is -1.06. The van der Waals surface area contributed by atoms with Gasteiger partial charge in [0, 0.05) is 4.47 Å². The van der Waals surface area contributed by atoms with Gasteiger partial charge in [-0.05, 0) is 25.1 Å². The number of hydrogen-bond acceptors (Lipinski definition) is 3. The standard InChI is InChI=1S/C11H12BrFN2O3/c1-6(11(17)18)14-5-10(16)15-9-3-2-7(12)4-8(9)13/h2-4,6,14H,5H2,1H3,(H,15,16)(H,17,18)/t6-/m0/s1. The molecule has 3 N–H and O–H groups in total. The largest absolute Gasteiger partial charge is 0.480 e. The van der Waals surface area contributed by atoms with E-state index in [0.717, 1.165) is 0 Å². The number of carbonyl (C=O) groups is 2. The Balaban J connectivity index is 2.52. The molecule has 1 rings (SSSR count). The van der Waals surface area contributed by atoms with Gasteiger partial charge in [0.1, 0.15) is 11.9 Å². The SMILES string of the molecule is C[C@H](NCC(=O)Nc1ccc(Br)cc1F)C(=O)O. The number of aliphatic carboxylic acids is 1. The summed E-state index contributed by atoms with van der Waals surface area (Å²) in [4.78, 5) is 21.9. The summed E-state index contributed by atoms with van der Waals surface area (Å²) in [7, 11) is 0. The Kier molecular flexibility index (Phi) is 5.24. The molecule has 0 aliphatic heterocycles. The monoisotopic (exact) mass is 318 g/mol. The Morgan fingerprint density at radius 3 is 2.72 bits per heavy atom. The van der Waals surface area contributed by atoms with Crippen molar-refractivity contribution in [3.05, 3.63) is 28.5 Å². The molecule has 0 aliphatic rings. The number of hydrogen-bond donors (Lipinski definition) is 3. The molecule has 0 heterocycles. The fraction of sp³-hybridized carbons (Fsp3) is 0.273. The number of nitrogens with one attached hydrogen (secondary N) is 2. The summed E-state index contributed by atoms with van der Waals surface area (Å²) in [6.45, 7) is 1.21. The molecule has 0 radical (unpaired) electrons. The third kappa shape index (κ3) is 4.42. The van der Waals surface area contributed by atoms with Gasteiger partial charge in [-0.3, -0.25) is 14.9 Å². The minimum Gasteiger partial charge on any atom is -0.480 e. The van der Waals surface area contributed by atoms with Crippen LogP contribution in [0.4, 0.5) is 10.1 Å². The average Bonchev–Trinajstić information content (AvgIpc) is 2.29. The van der Waals surface area contributed by atoms with Crippen molar-refractivity contribution < 1.29 is 19.1 Å². The smallest absolute Gasteiger partial charge is 0.320 e. The van der Waals surface area contributed by atoms with E-state index in [0.29, 0.717) is 4.47 Å². The summed E-state index contributed by atoms with van der Waals surface area (Å²) in [5, 5.41) is 13.4.